The second-order valence-electron chi connectivity index (χ2n) is 3.84. The molecule has 0 aliphatic carbocycles. The number of hydroxylamine groups is 2. The summed E-state index contributed by atoms with van der Waals surface area (Å²) in [5.41, 5.74) is 4.42. The highest BCUT2D eigenvalue weighted by atomic mass is 16.7. The van der Waals surface area contributed by atoms with Crippen molar-refractivity contribution in [1.82, 2.24) is 15.0 Å². The number of fused-ring (bicyclic) bond motifs is 1. The number of nitrogens with zero attached hydrogens (tertiary/aromatic N) is 3. The van der Waals surface area contributed by atoms with Gasteiger partial charge in [0.15, 0.2) is 0 Å². The predicted molar refractivity (Wildman–Crippen MR) is 68.1 cm³/mol. The lowest BCUT2D eigenvalue weighted by Gasteiger charge is -2.18. The van der Waals surface area contributed by atoms with E-state index in [1.165, 1.54) is 0 Å². The molecule has 0 amide bonds. The predicted octanol–water partition coefficient (Wildman–Crippen LogP) is 2.40. The first-order valence-corrected chi connectivity index (χ1v) is 5.32. The molecule has 0 radical (unpaired) electrons. The molecule has 2 aromatic rings. The van der Waals surface area contributed by atoms with E-state index in [2.05, 4.69) is 16.5 Å². The Balaban J connectivity index is 2.47. The Hall–Kier alpha value is -1.94. The van der Waals surface area contributed by atoms with E-state index in [9.17, 15) is 0 Å². The summed E-state index contributed by atoms with van der Waals surface area (Å²) in [6.07, 6.45) is 1.76. The second-order valence-corrected chi connectivity index (χ2v) is 3.84. The molecule has 4 nitrogen and oxygen atoms in total. The van der Waals surface area contributed by atoms with Crippen molar-refractivity contribution in [2.75, 3.05) is 14.2 Å². The molecule has 0 saturated heterocycles. The van der Waals surface area contributed by atoms with Gasteiger partial charge in [0.2, 0.25) is 0 Å². The minimum absolute atomic E-state index is 0.790. The van der Waals surface area contributed by atoms with Crippen molar-refractivity contribution in [2.45, 2.75) is 6.92 Å². The van der Waals surface area contributed by atoms with Gasteiger partial charge in [-0.2, -0.15) is 0 Å². The summed E-state index contributed by atoms with van der Waals surface area (Å²) in [6, 6.07) is 5.86. The molecule has 0 saturated carbocycles. The third-order valence-corrected chi connectivity index (χ3v) is 2.65. The molecule has 4 heteroatoms. The first kappa shape index (κ1) is 11.5. The normalized spacial score (nSPS) is 10.5. The maximum absolute atomic E-state index is 5.10. The summed E-state index contributed by atoms with van der Waals surface area (Å²) >= 11 is 0. The van der Waals surface area contributed by atoms with Crippen molar-refractivity contribution in [1.29, 1.82) is 0 Å². The van der Waals surface area contributed by atoms with Crippen molar-refractivity contribution < 1.29 is 4.84 Å². The SMILES string of the molecule is C=C(c1ccc2ncc(C)nc2c1)N(C)OC. The van der Waals surface area contributed by atoms with Crippen LogP contribution in [0.15, 0.2) is 31.0 Å². The van der Waals surface area contributed by atoms with E-state index in [0.717, 1.165) is 28.0 Å². The maximum Gasteiger partial charge on any atom is 0.0896 e. The number of benzene rings is 1. The topological polar surface area (TPSA) is 38.2 Å². The number of aryl methyl sites for hydroxylation is 1. The number of aromatic nitrogens is 2. The lowest BCUT2D eigenvalue weighted by atomic mass is 10.1. The number of hydrogen-bond acceptors (Lipinski definition) is 4. The molecule has 0 spiro atoms. The second kappa shape index (κ2) is 4.51. The fourth-order valence-corrected chi connectivity index (χ4v) is 1.58. The molecule has 0 aliphatic rings. The van der Waals surface area contributed by atoms with Crippen molar-refractivity contribution in [3.63, 3.8) is 0 Å². The van der Waals surface area contributed by atoms with Gasteiger partial charge in [-0.1, -0.05) is 12.6 Å². The molecule has 2 rings (SSSR count). The Morgan fingerprint density at radius 2 is 2.12 bits per heavy atom. The van der Waals surface area contributed by atoms with Crippen molar-refractivity contribution >= 4 is 16.7 Å². The molecule has 0 aliphatic heterocycles. The van der Waals surface area contributed by atoms with E-state index >= 15 is 0 Å². The zero-order chi connectivity index (χ0) is 12.4. The minimum atomic E-state index is 0.790. The van der Waals surface area contributed by atoms with E-state index in [0.29, 0.717) is 0 Å². The smallest absolute Gasteiger partial charge is 0.0896 e. The van der Waals surface area contributed by atoms with Gasteiger partial charge in [-0.15, -0.1) is 0 Å². The lowest BCUT2D eigenvalue weighted by molar-refractivity contribution is -0.0524. The quantitative estimate of drug-likeness (QED) is 0.757. The molecule has 88 valence electrons. The summed E-state index contributed by atoms with van der Waals surface area (Å²) in [5.74, 6) is 0. The van der Waals surface area contributed by atoms with Crippen LogP contribution in [0.4, 0.5) is 0 Å². The molecular weight excluding hydrogens is 214 g/mol. The van der Waals surface area contributed by atoms with Crippen LogP contribution in [0, 0.1) is 6.92 Å². The first-order valence-electron chi connectivity index (χ1n) is 5.32. The summed E-state index contributed by atoms with van der Waals surface area (Å²) in [5, 5.41) is 1.62. The molecule has 1 aromatic carbocycles. The summed E-state index contributed by atoms with van der Waals surface area (Å²) < 4.78 is 0. The van der Waals surface area contributed by atoms with Crippen LogP contribution in [0.3, 0.4) is 0 Å². The van der Waals surface area contributed by atoms with Crippen molar-refractivity contribution in [3.8, 4) is 0 Å². The highest BCUT2D eigenvalue weighted by Gasteiger charge is 2.06. The number of rotatable bonds is 3. The van der Waals surface area contributed by atoms with Crippen LogP contribution in [0.2, 0.25) is 0 Å². The standard InChI is InChI=1S/C13H15N3O/c1-9-8-14-12-6-5-11(7-13(12)15-9)10(2)16(3)17-4/h5-8H,2H2,1,3-4H3. The fraction of sp³-hybridized carbons (Fsp3) is 0.231. The monoisotopic (exact) mass is 229 g/mol. The average molecular weight is 229 g/mol. The zero-order valence-corrected chi connectivity index (χ0v) is 10.3. The van der Waals surface area contributed by atoms with Crippen molar-refractivity contribution in [2.24, 2.45) is 0 Å². The van der Waals surface area contributed by atoms with Gasteiger partial charge in [-0.25, -0.2) is 4.98 Å². The zero-order valence-electron chi connectivity index (χ0n) is 10.3. The highest BCUT2D eigenvalue weighted by molar-refractivity contribution is 5.79. The Kier molecular flexibility index (Phi) is 3.06. The molecule has 1 heterocycles. The molecule has 0 atom stereocenters. The van der Waals surface area contributed by atoms with E-state index in [1.807, 2.05) is 32.2 Å². The van der Waals surface area contributed by atoms with Gasteiger partial charge in [0.25, 0.3) is 0 Å². The van der Waals surface area contributed by atoms with Crippen LogP contribution in [-0.2, 0) is 4.84 Å². The van der Waals surface area contributed by atoms with Crippen LogP contribution >= 0.6 is 0 Å². The molecule has 0 fully saturated rings. The molecule has 0 N–H and O–H groups in total. The van der Waals surface area contributed by atoms with Gasteiger partial charge in [0.1, 0.15) is 0 Å². The van der Waals surface area contributed by atoms with E-state index in [4.69, 9.17) is 4.84 Å². The Labute approximate surface area is 101 Å². The van der Waals surface area contributed by atoms with Crippen molar-refractivity contribution in [3.05, 3.63) is 42.2 Å². The summed E-state index contributed by atoms with van der Waals surface area (Å²) in [4.78, 5) is 13.9. The molecule has 0 unspecified atom stereocenters. The van der Waals surface area contributed by atoms with Crippen LogP contribution < -0.4 is 0 Å². The Morgan fingerprint density at radius 1 is 1.35 bits per heavy atom. The third-order valence-electron chi connectivity index (χ3n) is 2.65. The largest absolute Gasteiger partial charge is 0.277 e. The minimum Gasteiger partial charge on any atom is -0.277 e. The van der Waals surface area contributed by atoms with Gasteiger partial charge in [-0.3, -0.25) is 14.9 Å². The van der Waals surface area contributed by atoms with E-state index in [1.54, 1.807) is 18.4 Å². The Morgan fingerprint density at radius 3 is 2.82 bits per heavy atom. The Bertz CT molecular complexity index is 566. The molecule has 0 bridgehead atoms. The van der Waals surface area contributed by atoms with E-state index in [-0.39, 0.29) is 0 Å². The van der Waals surface area contributed by atoms with Crippen LogP contribution in [0.25, 0.3) is 16.7 Å². The van der Waals surface area contributed by atoms with Gasteiger partial charge in [0, 0.05) is 18.8 Å². The summed E-state index contributed by atoms with van der Waals surface area (Å²) in [6.45, 7) is 5.90. The maximum atomic E-state index is 5.10. The highest BCUT2D eigenvalue weighted by Crippen LogP contribution is 2.19. The first-order chi connectivity index (χ1) is 8.11. The third kappa shape index (κ3) is 2.26. The molecule has 1 aromatic heterocycles. The van der Waals surface area contributed by atoms with Gasteiger partial charge in [0.05, 0.1) is 29.5 Å². The van der Waals surface area contributed by atoms with Gasteiger partial charge in [-0.05, 0) is 19.1 Å². The lowest BCUT2D eigenvalue weighted by Crippen LogP contribution is -2.13. The molecule has 17 heavy (non-hydrogen) atoms. The number of hydrogen-bond donors (Lipinski definition) is 0. The fourth-order valence-electron chi connectivity index (χ4n) is 1.58. The van der Waals surface area contributed by atoms with E-state index < -0.39 is 0 Å². The average Bonchev–Trinajstić information content (AvgIpc) is 2.36. The summed E-state index contributed by atoms with van der Waals surface area (Å²) in [7, 11) is 3.42. The van der Waals surface area contributed by atoms with Crippen LogP contribution in [-0.4, -0.2) is 29.2 Å². The van der Waals surface area contributed by atoms with Gasteiger partial charge < -0.3 is 0 Å². The van der Waals surface area contributed by atoms with Crippen LogP contribution in [0.1, 0.15) is 11.3 Å². The molecular formula is C13H15N3O. The van der Waals surface area contributed by atoms with Gasteiger partial charge >= 0.3 is 0 Å². The van der Waals surface area contributed by atoms with Crippen LogP contribution in [0.5, 0.6) is 0 Å².